The number of unbranched alkanes of at least 4 members (excludes halogenated alkanes) is 42. The fraction of sp³-hybridized carbons (Fsp3) is 0.900. The molecule has 0 heterocycles. The first-order chi connectivity index (χ1) is 32.5. The van der Waals surface area contributed by atoms with Crippen molar-refractivity contribution in [2.24, 2.45) is 0 Å². The van der Waals surface area contributed by atoms with Gasteiger partial charge in [0.1, 0.15) is 0 Å². The van der Waals surface area contributed by atoms with Gasteiger partial charge in [0, 0.05) is 12.8 Å². The highest BCUT2D eigenvalue weighted by molar-refractivity contribution is 5.76. The smallest absolute Gasteiger partial charge is 0.305 e. The van der Waals surface area contributed by atoms with E-state index in [1.807, 2.05) is 6.08 Å². The molecule has 2 atom stereocenters. The molecule has 6 heteroatoms. The van der Waals surface area contributed by atoms with Gasteiger partial charge in [0.15, 0.2) is 0 Å². The summed E-state index contributed by atoms with van der Waals surface area (Å²) in [6, 6.07) is -0.632. The average Bonchev–Trinajstić information content (AvgIpc) is 3.32. The second kappa shape index (κ2) is 55.9. The molecule has 0 aliphatic heterocycles. The van der Waals surface area contributed by atoms with E-state index in [9.17, 15) is 19.8 Å². The Balaban J connectivity index is 3.42. The van der Waals surface area contributed by atoms with Gasteiger partial charge in [0.2, 0.25) is 5.91 Å². The Morgan fingerprint density at radius 1 is 0.409 bits per heavy atom. The van der Waals surface area contributed by atoms with Crippen molar-refractivity contribution in [2.75, 3.05) is 13.2 Å². The van der Waals surface area contributed by atoms with Crippen LogP contribution < -0.4 is 5.32 Å². The van der Waals surface area contributed by atoms with E-state index in [4.69, 9.17) is 4.74 Å². The SMILES string of the molecule is CCCCCCCCCCCCC/C=C/C(O)C(CO)NC(=O)CCCCCCCCC/C=C\CCCCCCCCCCCCOC(=O)CCCCCCCCCCCCCCCCC. The van der Waals surface area contributed by atoms with Gasteiger partial charge < -0.3 is 20.3 Å². The van der Waals surface area contributed by atoms with Crippen LogP contribution in [0.4, 0.5) is 0 Å². The zero-order valence-corrected chi connectivity index (χ0v) is 44.4. The number of hydrogen-bond donors (Lipinski definition) is 3. The summed E-state index contributed by atoms with van der Waals surface area (Å²) in [4.78, 5) is 24.5. The second-order valence-corrected chi connectivity index (χ2v) is 20.3. The first kappa shape index (κ1) is 64.3. The van der Waals surface area contributed by atoms with Crippen molar-refractivity contribution >= 4 is 11.9 Å². The average molecular weight is 931 g/mol. The number of aliphatic hydroxyl groups is 2. The topological polar surface area (TPSA) is 95.9 Å². The molecule has 6 nitrogen and oxygen atoms in total. The van der Waals surface area contributed by atoms with Crippen molar-refractivity contribution in [3.05, 3.63) is 24.3 Å². The first-order valence-corrected chi connectivity index (χ1v) is 29.6. The number of carbonyl (C=O) groups is 2. The van der Waals surface area contributed by atoms with Crippen molar-refractivity contribution < 1.29 is 24.5 Å². The third-order valence-corrected chi connectivity index (χ3v) is 13.7. The summed E-state index contributed by atoms with van der Waals surface area (Å²) >= 11 is 0. The molecular formula is C60H115NO5. The van der Waals surface area contributed by atoms with Gasteiger partial charge >= 0.3 is 5.97 Å². The molecule has 0 aliphatic carbocycles. The van der Waals surface area contributed by atoms with Crippen LogP contribution in [-0.2, 0) is 14.3 Å². The zero-order valence-electron chi connectivity index (χ0n) is 44.4. The fourth-order valence-corrected chi connectivity index (χ4v) is 9.16. The number of rotatable bonds is 55. The van der Waals surface area contributed by atoms with E-state index in [1.165, 1.54) is 250 Å². The highest BCUT2D eigenvalue weighted by Gasteiger charge is 2.18. The van der Waals surface area contributed by atoms with Gasteiger partial charge in [-0.25, -0.2) is 0 Å². The molecule has 0 aromatic rings. The lowest BCUT2D eigenvalue weighted by molar-refractivity contribution is -0.143. The Morgan fingerprint density at radius 3 is 1.08 bits per heavy atom. The number of aliphatic hydroxyl groups excluding tert-OH is 2. The minimum absolute atomic E-state index is 0.0106. The molecule has 3 N–H and O–H groups in total. The van der Waals surface area contributed by atoms with Gasteiger partial charge in [-0.3, -0.25) is 9.59 Å². The monoisotopic (exact) mass is 930 g/mol. The fourth-order valence-electron chi connectivity index (χ4n) is 9.16. The van der Waals surface area contributed by atoms with Gasteiger partial charge in [-0.05, 0) is 57.8 Å². The lowest BCUT2D eigenvalue weighted by Gasteiger charge is -2.20. The largest absolute Gasteiger partial charge is 0.466 e. The zero-order chi connectivity index (χ0) is 47.9. The third-order valence-electron chi connectivity index (χ3n) is 13.7. The molecule has 0 aromatic carbocycles. The molecule has 0 radical (unpaired) electrons. The lowest BCUT2D eigenvalue weighted by atomic mass is 10.0. The van der Waals surface area contributed by atoms with Gasteiger partial charge in [0.25, 0.3) is 0 Å². The van der Waals surface area contributed by atoms with Crippen LogP contribution in [0.25, 0.3) is 0 Å². The van der Waals surface area contributed by atoms with Crippen LogP contribution in [0.5, 0.6) is 0 Å². The lowest BCUT2D eigenvalue weighted by Crippen LogP contribution is -2.45. The number of hydrogen-bond acceptors (Lipinski definition) is 5. The summed E-state index contributed by atoms with van der Waals surface area (Å²) in [5, 5.41) is 23.1. The van der Waals surface area contributed by atoms with Crippen LogP contribution in [0.3, 0.4) is 0 Å². The minimum Gasteiger partial charge on any atom is -0.466 e. The molecule has 0 fully saturated rings. The molecule has 1 amide bonds. The van der Waals surface area contributed by atoms with Crippen LogP contribution in [0.2, 0.25) is 0 Å². The van der Waals surface area contributed by atoms with Gasteiger partial charge in [-0.15, -0.1) is 0 Å². The van der Waals surface area contributed by atoms with Crippen LogP contribution >= 0.6 is 0 Å². The predicted octanol–water partition coefficient (Wildman–Crippen LogP) is 18.2. The van der Waals surface area contributed by atoms with E-state index in [0.29, 0.717) is 19.4 Å². The molecule has 2 unspecified atom stereocenters. The summed E-state index contributed by atoms with van der Waals surface area (Å²) in [7, 11) is 0. The number of amides is 1. The molecule has 0 saturated carbocycles. The number of esters is 1. The molecule has 66 heavy (non-hydrogen) atoms. The van der Waals surface area contributed by atoms with Gasteiger partial charge in [-0.2, -0.15) is 0 Å². The van der Waals surface area contributed by atoms with Crippen molar-refractivity contribution in [3.8, 4) is 0 Å². The predicted molar refractivity (Wildman–Crippen MR) is 287 cm³/mol. The van der Waals surface area contributed by atoms with E-state index in [-0.39, 0.29) is 18.5 Å². The molecule has 0 bridgehead atoms. The first-order valence-electron chi connectivity index (χ1n) is 29.6. The number of allylic oxidation sites excluding steroid dienone is 3. The summed E-state index contributed by atoms with van der Waals surface area (Å²) in [5.74, 6) is -0.0647. The summed E-state index contributed by atoms with van der Waals surface area (Å²) in [6.45, 7) is 4.91. The maximum Gasteiger partial charge on any atom is 0.305 e. The van der Waals surface area contributed by atoms with Crippen LogP contribution in [-0.4, -0.2) is 47.4 Å². The van der Waals surface area contributed by atoms with E-state index < -0.39 is 12.1 Å². The Kier molecular flexibility index (Phi) is 54.5. The van der Waals surface area contributed by atoms with E-state index in [1.54, 1.807) is 6.08 Å². The maximum atomic E-state index is 12.4. The molecule has 0 saturated heterocycles. The number of carbonyl (C=O) groups excluding carboxylic acids is 2. The van der Waals surface area contributed by atoms with Crippen LogP contribution in [0.1, 0.15) is 322 Å². The van der Waals surface area contributed by atoms with Crippen molar-refractivity contribution in [3.63, 3.8) is 0 Å². The van der Waals surface area contributed by atoms with Gasteiger partial charge in [0.05, 0.1) is 25.4 Å². The van der Waals surface area contributed by atoms with Crippen LogP contribution in [0, 0.1) is 0 Å². The highest BCUT2D eigenvalue weighted by Crippen LogP contribution is 2.17. The molecule has 390 valence electrons. The third kappa shape index (κ3) is 51.7. The Bertz CT molecular complexity index is 1030. The molecule has 0 aliphatic rings. The highest BCUT2D eigenvalue weighted by atomic mass is 16.5. The molecular weight excluding hydrogens is 815 g/mol. The molecule has 0 rings (SSSR count). The molecule has 0 spiro atoms. The standard InChI is InChI=1S/C60H115NO5/c1-3-5-7-9-11-13-15-17-25-30-34-38-42-46-50-54-60(65)66-55-51-47-43-39-35-31-27-24-22-20-18-19-21-23-26-29-33-37-41-45-49-53-59(64)61-57(56-62)58(63)52-48-44-40-36-32-28-16-14-12-10-8-6-4-2/h19,21,48,52,57-58,62-63H,3-18,20,22-47,49-51,53-56H2,1-2H3,(H,61,64)/b21-19-,52-48+. The number of nitrogens with one attached hydrogen (secondary N) is 1. The Morgan fingerprint density at radius 2 is 0.712 bits per heavy atom. The summed E-state index contributed by atoms with van der Waals surface area (Å²) < 4.78 is 5.48. The van der Waals surface area contributed by atoms with Crippen LogP contribution in [0.15, 0.2) is 24.3 Å². The van der Waals surface area contributed by atoms with Crippen molar-refractivity contribution in [2.45, 2.75) is 334 Å². The van der Waals surface area contributed by atoms with E-state index in [0.717, 1.165) is 44.9 Å². The second-order valence-electron chi connectivity index (χ2n) is 20.3. The van der Waals surface area contributed by atoms with Gasteiger partial charge in [-0.1, -0.05) is 276 Å². The van der Waals surface area contributed by atoms with E-state index >= 15 is 0 Å². The Hall–Kier alpha value is -1.66. The molecule has 0 aromatic heterocycles. The normalized spacial score (nSPS) is 12.7. The van der Waals surface area contributed by atoms with Crippen molar-refractivity contribution in [1.29, 1.82) is 0 Å². The Labute approximate surface area is 411 Å². The number of ether oxygens (including phenoxy) is 1. The maximum absolute atomic E-state index is 12.4. The van der Waals surface area contributed by atoms with E-state index in [2.05, 4.69) is 31.3 Å². The summed E-state index contributed by atoms with van der Waals surface area (Å²) in [5.41, 5.74) is 0. The quantitative estimate of drug-likeness (QED) is 0.0321. The minimum atomic E-state index is -0.848. The summed E-state index contributed by atoms with van der Waals surface area (Å²) in [6.07, 6.45) is 67.8. The van der Waals surface area contributed by atoms with Crippen molar-refractivity contribution in [1.82, 2.24) is 5.32 Å².